The average Bonchev–Trinajstić information content (AvgIpc) is 3.34. The van der Waals surface area contributed by atoms with Gasteiger partial charge in [-0.3, -0.25) is 9.69 Å². The van der Waals surface area contributed by atoms with Crippen LogP contribution in [-0.2, 0) is 10.0 Å². The summed E-state index contributed by atoms with van der Waals surface area (Å²) in [6.07, 6.45) is 6.19. The van der Waals surface area contributed by atoms with E-state index < -0.39 is 10.0 Å². The van der Waals surface area contributed by atoms with Crippen molar-refractivity contribution in [2.24, 2.45) is 11.8 Å². The van der Waals surface area contributed by atoms with E-state index in [1.807, 2.05) is 12.1 Å². The molecule has 4 rings (SSSR count). The molecule has 1 aromatic heterocycles. The number of hydrogen-bond donors (Lipinski definition) is 1. The van der Waals surface area contributed by atoms with Crippen LogP contribution < -0.4 is 5.32 Å². The van der Waals surface area contributed by atoms with Crippen molar-refractivity contribution in [2.45, 2.75) is 50.5 Å². The molecule has 1 N–H and O–H groups in total. The van der Waals surface area contributed by atoms with Crippen LogP contribution in [0, 0.1) is 11.8 Å². The molecule has 2 aromatic rings. The minimum Gasteiger partial charge on any atom is -0.468 e. The Bertz CT molecular complexity index is 1020. The Labute approximate surface area is 197 Å². The fraction of sp³-hybridized carbons (Fsp3) is 0.560. The third-order valence-corrected chi connectivity index (χ3v) is 8.56. The zero-order valence-electron chi connectivity index (χ0n) is 19.6. The van der Waals surface area contributed by atoms with Crippen LogP contribution in [-0.4, -0.2) is 56.3 Å². The second kappa shape index (κ2) is 10.4. The summed E-state index contributed by atoms with van der Waals surface area (Å²) in [5.74, 6) is 1.20. The third kappa shape index (κ3) is 5.67. The molecule has 0 saturated carbocycles. The second-order valence-electron chi connectivity index (χ2n) is 9.63. The maximum Gasteiger partial charge on any atom is 0.251 e. The minimum atomic E-state index is -3.64. The second-order valence-corrected chi connectivity index (χ2v) is 11.6. The molecule has 180 valence electrons. The molecule has 3 heterocycles. The topological polar surface area (TPSA) is 82.9 Å². The number of nitrogens with zero attached hydrogens (tertiary/aromatic N) is 2. The van der Waals surface area contributed by atoms with Crippen molar-refractivity contribution >= 4 is 15.9 Å². The number of amides is 1. The summed E-state index contributed by atoms with van der Waals surface area (Å²) >= 11 is 0. The van der Waals surface area contributed by atoms with Crippen LogP contribution in [0.25, 0.3) is 0 Å². The van der Waals surface area contributed by atoms with Crippen molar-refractivity contribution in [1.82, 2.24) is 14.5 Å². The highest BCUT2D eigenvalue weighted by Crippen LogP contribution is 2.27. The van der Waals surface area contributed by atoms with Gasteiger partial charge in [-0.05, 0) is 74.5 Å². The molecule has 0 aliphatic carbocycles. The van der Waals surface area contributed by atoms with Crippen LogP contribution in [0.1, 0.15) is 61.7 Å². The normalized spacial score (nSPS) is 23.8. The Morgan fingerprint density at radius 3 is 2.48 bits per heavy atom. The molecular formula is C25H35N3O4S. The van der Waals surface area contributed by atoms with Crippen LogP contribution in [0.4, 0.5) is 0 Å². The number of benzene rings is 1. The van der Waals surface area contributed by atoms with E-state index in [4.69, 9.17) is 4.42 Å². The van der Waals surface area contributed by atoms with Crippen molar-refractivity contribution in [2.75, 3.05) is 32.7 Å². The fourth-order valence-electron chi connectivity index (χ4n) is 5.16. The lowest BCUT2D eigenvalue weighted by atomic mass is 9.94. The van der Waals surface area contributed by atoms with Crippen LogP contribution in [0.2, 0.25) is 0 Å². The van der Waals surface area contributed by atoms with Crippen LogP contribution >= 0.6 is 0 Å². The largest absolute Gasteiger partial charge is 0.468 e. The molecule has 1 aromatic carbocycles. The molecule has 2 saturated heterocycles. The van der Waals surface area contributed by atoms with Crippen LogP contribution in [0.15, 0.2) is 52.0 Å². The predicted molar refractivity (Wildman–Crippen MR) is 127 cm³/mol. The molecule has 1 amide bonds. The van der Waals surface area contributed by atoms with Crippen molar-refractivity contribution in [1.29, 1.82) is 0 Å². The first kappa shape index (κ1) is 24.0. The Balaban J connectivity index is 1.47. The van der Waals surface area contributed by atoms with Crippen molar-refractivity contribution < 1.29 is 17.6 Å². The van der Waals surface area contributed by atoms with E-state index in [2.05, 4.69) is 24.1 Å². The number of nitrogens with one attached hydrogen (secondary N) is 1. The smallest absolute Gasteiger partial charge is 0.251 e. The van der Waals surface area contributed by atoms with Crippen LogP contribution in [0.5, 0.6) is 0 Å². The first-order chi connectivity index (χ1) is 15.8. The molecule has 3 unspecified atom stereocenters. The van der Waals surface area contributed by atoms with Gasteiger partial charge in [0, 0.05) is 25.2 Å². The molecule has 0 radical (unpaired) electrons. The van der Waals surface area contributed by atoms with Gasteiger partial charge < -0.3 is 9.73 Å². The maximum atomic E-state index is 13.3. The fourth-order valence-corrected chi connectivity index (χ4v) is 6.89. The standard InChI is InChI=1S/C25H35N3O4S/c1-19-14-20(2)18-28(17-19)33(30,31)22-9-6-8-21(15-22)25(29)26-16-23(24-10-7-13-32-24)27-11-4-3-5-12-27/h6-10,13,15,19-20,23H,3-5,11-12,14,16-18H2,1-2H3,(H,26,29). The molecule has 0 bridgehead atoms. The van der Waals surface area contributed by atoms with Gasteiger partial charge in [-0.25, -0.2) is 8.42 Å². The monoisotopic (exact) mass is 473 g/mol. The lowest BCUT2D eigenvalue weighted by molar-refractivity contribution is 0.0914. The van der Waals surface area contributed by atoms with Gasteiger partial charge >= 0.3 is 0 Å². The van der Waals surface area contributed by atoms with Crippen LogP contribution in [0.3, 0.4) is 0 Å². The average molecular weight is 474 g/mol. The zero-order chi connectivity index (χ0) is 23.4. The summed E-state index contributed by atoms with van der Waals surface area (Å²) in [6, 6.07) is 10.2. The number of carbonyl (C=O) groups excluding carboxylic acids is 1. The Morgan fingerprint density at radius 1 is 1.09 bits per heavy atom. The molecule has 2 aliphatic rings. The van der Waals surface area contributed by atoms with Gasteiger partial charge in [0.25, 0.3) is 5.91 Å². The van der Waals surface area contributed by atoms with Gasteiger partial charge in [-0.15, -0.1) is 0 Å². The minimum absolute atomic E-state index is 0.0347. The van der Waals surface area contributed by atoms with E-state index in [9.17, 15) is 13.2 Å². The summed E-state index contributed by atoms with van der Waals surface area (Å²) in [5.41, 5.74) is 0.353. The van der Waals surface area contributed by atoms with Crippen molar-refractivity contribution in [3.05, 3.63) is 54.0 Å². The van der Waals surface area contributed by atoms with E-state index in [1.165, 1.54) is 12.5 Å². The first-order valence-electron chi connectivity index (χ1n) is 12.0. The van der Waals surface area contributed by atoms with E-state index in [0.29, 0.717) is 37.0 Å². The lowest BCUT2D eigenvalue weighted by Gasteiger charge is -2.34. The van der Waals surface area contributed by atoms with Crippen molar-refractivity contribution in [3.63, 3.8) is 0 Å². The van der Waals surface area contributed by atoms with E-state index in [1.54, 1.807) is 28.8 Å². The van der Waals surface area contributed by atoms with Gasteiger partial charge in [0.05, 0.1) is 17.2 Å². The Morgan fingerprint density at radius 2 is 1.82 bits per heavy atom. The number of rotatable bonds is 7. The molecular weight excluding hydrogens is 438 g/mol. The number of sulfonamides is 1. The molecule has 0 spiro atoms. The summed E-state index contributed by atoms with van der Waals surface area (Å²) in [7, 11) is -3.64. The lowest BCUT2D eigenvalue weighted by Crippen LogP contribution is -2.42. The highest BCUT2D eigenvalue weighted by Gasteiger charge is 2.32. The first-order valence-corrected chi connectivity index (χ1v) is 13.4. The maximum absolute atomic E-state index is 13.3. The van der Waals surface area contributed by atoms with Gasteiger partial charge in [-0.1, -0.05) is 26.3 Å². The molecule has 8 heteroatoms. The zero-order valence-corrected chi connectivity index (χ0v) is 20.4. The highest BCUT2D eigenvalue weighted by atomic mass is 32.2. The summed E-state index contributed by atoms with van der Waals surface area (Å²) in [6.45, 7) is 7.56. The third-order valence-electron chi connectivity index (χ3n) is 6.73. The number of carbonyl (C=O) groups is 1. The molecule has 33 heavy (non-hydrogen) atoms. The van der Waals surface area contributed by atoms with E-state index >= 15 is 0 Å². The van der Waals surface area contributed by atoms with E-state index in [-0.39, 0.29) is 16.8 Å². The summed E-state index contributed by atoms with van der Waals surface area (Å²) in [4.78, 5) is 15.5. The quantitative estimate of drug-likeness (QED) is 0.659. The summed E-state index contributed by atoms with van der Waals surface area (Å²) < 4.78 is 33.7. The number of likely N-dealkylation sites (tertiary alicyclic amines) is 1. The van der Waals surface area contributed by atoms with Gasteiger partial charge in [0.2, 0.25) is 10.0 Å². The number of piperidine rings is 2. The molecule has 2 aliphatic heterocycles. The molecule has 2 fully saturated rings. The van der Waals surface area contributed by atoms with Crippen molar-refractivity contribution in [3.8, 4) is 0 Å². The van der Waals surface area contributed by atoms with Gasteiger partial charge in [0.1, 0.15) is 5.76 Å². The Kier molecular flexibility index (Phi) is 7.56. The van der Waals surface area contributed by atoms with Gasteiger partial charge in [-0.2, -0.15) is 4.31 Å². The number of furan rings is 1. The van der Waals surface area contributed by atoms with Gasteiger partial charge in [0.15, 0.2) is 0 Å². The predicted octanol–water partition coefficient (Wildman–Crippen LogP) is 3.90. The SMILES string of the molecule is CC1CC(C)CN(S(=O)(=O)c2cccc(C(=O)NCC(c3ccco3)N3CCCCC3)c2)C1. The van der Waals surface area contributed by atoms with E-state index in [0.717, 1.165) is 38.1 Å². The highest BCUT2D eigenvalue weighted by molar-refractivity contribution is 7.89. The summed E-state index contributed by atoms with van der Waals surface area (Å²) in [5, 5.41) is 3.01. The number of hydrogen-bond acceptors (Lipinski definition) is 5. The molecule has 7 nitrogen and oxygen atoms in total. The Hall–Kier alpha value is -2.16. The molecule has 3 atom stereocenters.